The number of hydrogen-bond acceptors (Lipinski definition) is 4. The van der Waals surface area contributed by atoms with Crippen LogP contribution in [0.5, 0.6) is 5.75 Å². The number of benzene rings is 1. The number of aliphatic imine (C=N–C) groups is 1. The smallest absolute Gasteiger partial charge is 0.191 e. The third-order valence-electron chi connectivity index (χ3n) is 5.05. The first-order chi connectivity index (χ1) is 14.2. The van der Waals surface area contributed by atoms with Crippen molar-refractivity contribution < 1.29 is 14.2 Å². The Morgan fingerprint density at radius 2 is 1.97 bits per heavy atom. The largest absolute Gasteiger partial charge is 0.493 e. The fraction of sp³-hybridized carbons (Fsp3) is 0.696. The summed E-state index contributed by atoms with van der Waals surface area (Å²) in [5, 5.41) is 6.73. The van der Waals surface area contributed by atoms with Crippen LogP contribution in [0.25, 0.3) is 0 Å². The summed E-state index contributed by atoms with van der Waals surface area (Å²) in [5.41, 5.74) is 1.14. The summed E-state index contributed by atoms with van der Waals surface area (Å²) in [6.45, 7) is 10.1. The molecule has 0 radical (unpaired) electrons. The number of para-hydroxylation sites is 1. The van der Waals surface area contributed by atoms with Gasteiger partial charge in [0.05, 0.1) is 6.61 Å². The van der Waals surface area contributed by atoms with Gasteiger partial charge in [-0.25, -0.2) is 0 Å². The van der Waals surface area contributed by atoms with Gasteiger partial charge in [-0.15, -0.1) is 0 Å². The molecule has 0 spiro atoms. The molecule has 1 heterocycles. The molecule has 2 N–H and O–H groups in total. The summed E-state index contributed by atoms with van der Waals surface area (Å²) in [7, 11) is 1.79. The van der Waals surface area contributed by atoms with Crippen LogP contribution in [0.15, 0.2) is 29.3 Å². The van der Waals surface area contributed by atoms with Gasteiger partial charge in [-0.1, -0.05) is 32.0 Å². The van der Waals surface area contributed by atoms with Gasteiger partial charge in [-0.05, 0) is 43.6 Å². The van der Waals surface area contributed by atoms with E-state index < -0.39 is 0 Å². The van der Waals surface area contributed by atoms with Gasteiger partial charge in [0.1, 0.15) is 5.75 Å². The predicted molar refractivity (Wildman–Crippen MR) is 119 cm³/mol. The summed E-state index contributed by atoms with van der Waals surface area (Å²) >= 11 is 0. The predicted octanol–water partition coefficient (Wildman–Crippen LogP) is 3.61. The first-order valence-corrected chi connectivity index (χ1v) is 11.0. The molecule has 0 aliphatic carbocycles. The summed E-state index contributed by atoms with van der Waals surface area (Å²) in [6, 6.07) is 8.18. The van der Waals surface area contributed by atoms with Gasteiger partial charge in [-0.3, -0.25) is 4.99 Å². The average molecular weight is 406 g/mol. The maximum atomic E-state index is 5.96. The van der Waals surface area contributed by atoms with E-state index in [2.05, 4.69) is 35.5 Å². The Hall–Kier alpha value is -1.79. The average Bonchev–Trinajstić information content (AvgIpc) is 2.74. The van der Waals surface area contributed by atoms with Crippen molar-refractivity contribution in [3.63, 3.8) is 0 Å². The van der Waals surface area contributed by atoms with E-state index in [1.165, 1.54) is 0 Å². The molecule has 0 amide bonds. The summed E-state index contributed by atoms with van der Waals surface area (Å²) < 4.78 is 17.2. The second-order valence-electron chi connectivity index (χ2n) is 7.98. The highest BCUT2D eigenvalue weighted by Gasteiger charge is 2.13. The van der Waals surface area contributed by atoms with E-state index in [9.17, 15) is 0 Å². The van der Waals surface area contributed by atoms with Crippen molar-refractivity contribution in [1.82, 2.24) is 10.6 Å². The van der Waals surface area contributed by atoms with Crippen LogP contribution in [0, 0.1) is 11.8 Å². The topological polar surface area (TPSA) is 64.1 Å². The zero-order valence-electron chi connectivity index (χ0n) is 18.4. The Balaban J connectivity index is 1.62. The highest BCUT2D eigenvalue weighted by molar-refractivity contribution is 5.79. The van der Waals surface area contributed by atoms with Gasteiger partial charge >= 0.3 is 0 Å². The van der Waals surface area contributed by atoms with Gasteiger partial charge in [0.2, 0.25) is 0 Å². The molecule has 29 heavy (non-hydrogen) atoms. The van der Waals surface area contributed by atoms with E-state index in [0.29, 0.717) is 18.4 Å². The van der Waals surface area contributed by atoms with Crippen molar-refractivity contribution in [2.75, 3.05) is 46.6 Å². The van der Waals surface area contributed by atoms with E-state index in [1.807, 2.05) is 18.2 Å². The van der Waals surface area contributed by atoms with Gasteiger partial charge in [0, 0.05) is 52.1 Å². The molecule has 2 rings (SSSR count). The van der Waals surface area contributed by atoms with Crippen molar-refractivity contribution in [3.05, 3.63) is 29.8 Å². The first kappa shape index (κ1) is 23.5. The van der Waals surface area contributed by atoms with Crippen molar-refractivity contribution in [3.8, 4) is 5.75 Å². The Morgan fingerprint density at radius 3 is 2.72 bits per heavy atom. The number of guanidine groups is 1. The van der Waals surface area contributed by atoms with Crippen LogP contribution in [-0.2, 0) is 16.0 Å². The maximum absolute atomic E-state index is 5.96. The van der Waals surface area contributed by atoms with Gasteiger partial charge in [0.15, 0.2) is 5.96 Å². The molecule has 164 valence electrons. The normalized spacial score (nSPS) is 15.5. The van der Waals surface area contributed by atoms with Crippen LogP contribution < -0.4 is 15.4 Å². The van der Waals surface area contributed by atoms with E-state index in [1.54, 1.807) is 7.05 Å². The lowest BCUT2D eigenvalue weighted by molar-refractivity contribution is 0.0203. The summed E-state index contributed by atoms with van der Waals surface area (Å²) in [6.07, 6.45) is 4.26. The van der Waals surface area contributed by atoms with Crippen molar-refractivity contribution in [2.24, 2.45) is 16.8 Å². The van der Waals surface area contributed by atoms with Crippen LogP contribution in [0.4, 0.5) is 0 Å². The SMILES string of the molecule is CN=C(NCCCOCC1CCOCC1)NCc1ccccc1OCCC(C)C. The highest BCUT2D eigenvalue weighted by Crippen LogP contribution is 2.18. The first-order valence-electron chi connectivity index (χ1n) is 11.0. The van der Waals surface area contributed by atoms with Gasteiger partial charge < -0.3 is 24.8 Å². The molecular weight excluding hydrogens is 366 g/mol. The second-order valence-corrected chi connectivity index (χ2v) is 7.98. The van der Waals surface area contributed by atoms with Gasteiger partial charge in [-0.2, -0.15) is 0 Å². The molecule has 0 aromatic heterocycles. The lowest BCUT2D eigenvalue weighted by Gasteiger charge is -2.21. The zero-order valence-corrected chi connectivity index (χ0v) is 18.4. The molecule has 0 unspecified atom stereocenters. The van der Waals surface area contributed by atoms with Crippen LogP contribution in [0.2, 0.25) is 0 Å². The number of rotatable bonds is 12. The van der Waals surface area contributed by atoms with Crippen LogP contribution in [0.1, 0.15) is 45.1 Å². The zero-order chi connectivity index (χ0) is 20.7. The highest BCUT2D eigenvalue weighted by atomic mass is 16.5. The number of nitrogens with zero attached hydrogens (tertiary/aromatic N) is 1. The molecule has 1 aliphatic rings. The number of ether oxygens (including phenoxy) is 3. The monoisotopic (exact) mass is 405 g/mol. The van der Waals surface area contributed by atoms with Crippen LogP contribution >= 0.6 is 0 Å². The standard InChI is InChI=1S/C23H39N3O3/c1-19(2)9-16-29-22-8-5-4-7-21(22)17-26-23(24-3)25-12-6-13-28-18-20-10-14-27-15-11-20/h4-5,7-8,19-20H,6,9-18H2,1-3H3,(H2,24,25,26). The fourth-order valence-electron chi connectivity index (χ4n) is 3.14. The molecule has 1 saturated heterocycles. The molecule has 1 fully saturated rings. The Bertz CT molecular complexity index is 586. The minimum Gasteiger partial charge on any atom is -0.493 e. The van der Waals surface area contributed by atoms with E-state index in [-0.39, 0.29) is 0 Å². The lowest BCUT2D eigenvalue weighted by atomic mass is 10.0. The Kier molecular flexibility index (Phi) is 11.5. The van der Waals surface area contributed by atoms with Crippen molar-refractivity contribution in [1.29, 1.82) is 0 Å². The minimum atomic E-state index is 0.643. The minimum absolute atomic E-state index is 0.643. The third kappa shape index (κ3) is 9.99. The molecule has 6 heteroatoms. The summed E-state index contributed by atoms with van der Waals surface area (Å²) in [4.78, 5) is 4.31. The Morgan fingerprint density at radius 1 is 1.17 bits per heavy atom. The lowest BCUT2D eigenvalue weighted by Crippen LogP contribution is -2.37. The van der Waals surface area contributed by atoms with E-state index >= 15 is 0 Å². The maximum Gasteiger partial charge on any atom is 0.191 e. The molecule has 0 saturated carbocycles. The molecule has 0 bridgehead atoms. The van der Waals surface area contributed by atoms with Crippen LogP contribution in [0.3, 0.4) is 0 Å². The van der Waals surface area contributed by atoms with Gasteiger partial charge in [0.25, 0.3) is 0 Å². The van der Waals surface area contributed by atoms with E-state index in [0.717, 1.165) is 82.5 Å². The molecule has 6 nitrogen and oxygen atoms in total. The second kappa shape index (κ2) is 14.2. The van der Waals surface area contributed by atoms with Crippen molar-refractivity contribution >= 4 is 5.96 Å². The number of nitrogens with one attached hydrogen (secondary N) is 2. The fourth-order valence-corrected chi connectivity index (χ4v) is 3.14. The van der Waals surface area contributed by atoms with Crippen LogP contribution in [-0.4, -0.2) is 52.6 Å². The summed E-state index contributed by atoms with van der Waals surface area (Å²) in [5.74, 6) is 3.04. The Labute approximate surface area is 176 Å². The quantitative estimate of drug-likeness (QED) is 0.316. The molecule has 1 aromatic carbocycles. The number of hydrogen-bond donors (Lipinski definition) is 2. The molecular formula is C23H39N3O3. The molecule has 1 aromatic rings. The molecule has 1 aliphatic heterocycles. The third-order valence-corrected chi connectivity index (χ3v) is 5.05. The molecule has 0 atom stereocenters. The van der Waals surface area contributed by atoms with Crippen molar-refractivity contribution in [2.45, 2.75) is 46.1 Å². The van der Waals surface area contributed by atoms with E-state index in [4.69, 9.17) is 14.2 Å².